The summed E-state index contributed by atoms with van der Waals surface area (Å²) in [5, 5.41) is 13.8. The molecule has 0 unspecified atom stereocenters. The third kappa shape index (κ3) is 4.14. The number of fused-ring (bicyclic) bond motifs is 3. The molecule has 2 aromatic heterocycles. The highest BCUT2D eigenvalue weighted by atomic mass is 32.2. The molecule has 1 aliphatic rings. The van der Waals surface area contributed by atoms with Gasteiger partial charge in [-0.15, -0.1) is 23.1 Å². The second kappa shape index (κ2) is 8.22. The van der Waals surface area contributed by atoms with Crippen molar-refractivity contribution in [2.45, 2.75) is 54.8 Å². The molecule has 0 N–H and O–H groups in total. The number of ether oxygens (including phenoxy) is 1. The first-order valence-corrected chi connectivity index (χ1v) is 12.3. The van der Waals surface area contributed by atoms with Crippen molar-refractivity contribution in [3.05, 3.63) is 50.4 Å². The van der Waals surface area contributed by atoms with E-state index < -0.39 is 0 Å². The van der Waals surface area contributed by atoms with Crippen LogP contribution in [0.5, 0.6) is 0 Å². The lowest BCUT2D eigenvalue weighted by molar-refractivity contribution is -0.384. The summed E-state index contributed by atoms with van der Waals surface area (Å²) in [6.45, 7) is 4.95. The molecule has 0 fully saturated rings. The first-order chi connectivity index (χ1) is 13.9. The molecule has 0 amide bonds. The summed E-state index contributed by atoms with van der Waals surface area (Å²) in [6.07, 6.45) is 3.81. The van der Waals surface area contributed by atoms with Crippen molar-refractivity contribution >= 4 is 50.8 Å². The van der Waals surface area contributed by atoms with Gasteiger partial charge < -0.3 is 4.74 Å². The minimum Gasteiger partial charge on any atom is -0.369 e. The van der Waals surface area contributed by atoms with E-state index in [-0.39, 0.29) is 16.2 Å². The zero-order valence-electron chi connectivity index (χ0n) is 16.4. The monoisotopic (exact) mass is 447 g/mol. The van der Waals surface area contributed by atoms with E-state index in [0.717, 1.165) is 38.8 Å². The van der Waals surface area contributed by atoms with Crippen LogP contribution in [-0.2, 0) is 23.5 Å². The van der Waals surface area contributed by atoms with E-state index in [1.807, 2.05) is 18.4 Å². The summed E-state index contributed by atoms with van der Waals surface area (Å²) in [5.74, 6) is 0.699. The average molecular weight is 448 g/mol. The van der Waals surface area contributed by atoms with E-state index in [0.29, 0.717) is 12.4 Å². The number of thioether (sulfide) groups is 2. The second-order valence-corrected chi connectivity index (χ2v) is 10.0. The van der Waals surface area contributed by atoms with Crippen LogP contribution >= 0.6 is 34.9 Å². The van der Waals surface area contributed by atoms with Gasteiger partial charge in [0.1, 0.15) is 9.86 Å². The van der Waals surface area contributed by atoms with Crippen molar-refractivity contribution in [2.75, 3.05) is 6.26 Å². The van der Waals surface area contributed by atoms with E-state index in [2.05, 4.69) is 13.8 Å². The Morgan fingerprint density at radius 1 is 1.31 bits per heavy atom. The molecule has 29 heavy (non-hydrogen) atoms. The average Bonchev–Trinajstić information content (AvgIpc) is 3.09. The lowest BCUT2D eigenvalue weighted by Crippen LogP contribution is -2.33. The fourth-order valence-electron chi connectivity index (χ4n) is 3.31. The maximum absolute atomic E-state index is 10.9. The van der Waals surface area contributed by atoms with Gasteiger partial charge in [0.2, 0.25) is 0 Å². The Labute approximate surface area is 181 Å². The van der Waals surface area contributed by atoms with Crippen LogP contribution < -0.4 is 0 Å². The Balaban J connectivity index is 1.69. The lowest BCUT2D eigenvalue weighted by atomic mass is 9.90. The Morgan fingerprint density at radius 3 is 2.72 bits per heavy atom. The normalized spacial score (nSPS) is 18.7. The molecule has 0 radical (unpaired) electrons. The standard InChI is InChI=1S/C20H21N3O3S3/c1-4-20(2)9-14-15(10-26-20)29-18-16(14)17(21-19(22-18)27-3)28-11-12-5-7-13(8-6-12)23(24)25/h5-8H,4,9-11H2,1-3H3/t20-/m0/s1. The quantitative estimate of drug-likeness (QED) is 0.154. The molecule has 4 rings (SSSR count). The van der Waals surface area contributed by atoms with Crippen LogP contribution in [-0.4, -0.2) is 26.7 Å². The molecule has 3 heterocycles. The maximum atomic E-state index is 10.9. The van der Waals surface area contributed by atoms with Crippen LogP contribution in [0.1, 0.15) is 36.3 Å². The molecule has 9 heteroatoms. The SMILES string of the molecule is CC[C@@]1(C)Cc2c(sc3nc(SC)nc(SCc4ccc([N+](=O)[O-])cc4)c23)CO1. The largest absolute Gasteiger partial charge is 0.369 e. The number of hydrogen-bond acceptors (Lipinski definition) is 8. The highest BCUT2D eigenvalue weighted by molar-refractivity contribution is 7.99. The van der Waals surface area contributed by atoms with Gasteiger partial charge in [-0.1, -0.05) is 30.8 Å². The fraction of sp³-hybridized carbons (Fsp3) is 0.400. The van der Waals surface area contributed by atoms with E-state index in [9.17, 15) is 10.1 Å². The number of nitrogens with zero attached hydrogens (tertiary/aromatic N) is 3. The smallest absolute Gasteiger partial charge is 0.269 e. The van der Waals surface area contributed by atoms with Crippen LogP contribution in [0, 0.1) is 10.1 Å². The number of hydrogen-bond donors (Lipinski definition) is 0. The molecule has 0 saturated heterocycles. The van der Waals surface area contributed by atoms with Gasteiger partial charge in [0.25, 0.3) is 5.69 Å². The Bertz CT molecular complexity index is 1070. The van der Waals surface area contributed by atoms with Crippen LogP contribution in [0.15, 0.2) is 34.4 Å². The molecule has 0 spiro atoms. The van der Waals surface area contributed by atoms with Crippen molar-refractivity contribution in [3.63, 3.8) is 0 Å². The van der Waals surface area contributed by atoms with E-state index in [1.54, 1.807) is 35.2 Å². The molecule has 152 valence electrons. The molecule has 1 aliphatic heterocycles. The highest BCUT2D eigenvalue weighted by Crippen LogP contribution is 2.43. The molecule has 3 aromatic rings. The second-order valence-electron chi connectivity index (χ2n) is 7.18. The predicted molar refractivity (Wildman–Crippen MR) is 119 cm³/mol. The number of thiophene rings is 1. The zero-order chi connectivity index (χ0) is 20.6. The molecule has 0 bridgehead atoms. The molecule has 0 aliphatic carbocycles. The van der Waals surface area contributed by atoms with E-state index >= 15 is 0 Å². The van der Waals surface area contributed by atoms with Crippen LogP contribution in [0.3, 0.4) is 0 Å². The van der Waals surface area contributed by atoms with Gasteiger partial charge >= 0.3 is 0 Å². The first-order valence-electron chi connectivity index (χ1n) is 9.29. The molecular formula is C20H21N3O3S3. The highest BCUT2D eigenvalue weighted by Gasteiger charge is 2.33. The zero-order valence-corrected chi connectivity index (χ0v) is 18.9. The summed E-state index contributed by atoms with van der Waals surface area (Å²) in [6, 6.07) is 6.72. The number of nitro groups is 1. The Hall–Kier alpha value is -1.68. The lowest BCUT2D eigenvalue weighted by Gasteiger charge is -2.33. The molecule has 6 nitrogen and oxygen atoms in total. The minimum absolute atomic E-state index is 0.110. The van der Waals surface area contributed by atoms with Crippen LogP contribution in [0.4, 0.5) is 5.69 Å². The third-order valence-corrected chi connectivity index (χ3v) is 7.93. The molecule has 1 aromatic carbocycles. The Morgan fingerprint density at radius 2 is 2.07 bits per heavy atom. The third-order valence-electron chi connectivity index (χ3n) is 5.24. The van der Waals surface area contributed by atoms with Gasteiger partial charge in [-0.25, -0.2) is 9.97 Å². The first kappa shape index (κ1) is 20.6. The predicted octanol–water partition coefficient (Wildman–Crippen LogP) is 5.86. The maximum Gasteiger partial charge on any atom is 0.269 e. The van der Waals surface area contributed by atoms with Crippen molar-refractivity contribution in [1.29, 1.82) is 0 Å². The summed E-state index contributed by atoms with van der Waals surface area (Å²) >= 11 is 4.91. The topological polar surface area (TPSA) is 78.2 Å². The Kier molecular flexibility index (Phi) is 5.83. The van der Waals surface area contributed by atoms with Gasteiger partial charge in [0.15, 0.2) is 5.16 Å². The number of nitro benzene ring substituents is 1. The summed E-state index contributed by atoms with van der Waals surface area (Å²) in [4.78, 5) is 22.3. The van der Waals surface area contributed by atoms with Gasteiger partial charge in [-0.3, -0.25) is 10.1 Å². The number of aromatic nitrogens is 2. The van der Waals surface area contributed by atoms with Gasteiger partial charge in [0, 0.05) is 34.6 Å². The summed E-state index contributed by atoms with van der Waals surface area (Å²) in [5.41, 5.74) is 2.31. The molecule has 0 saturated carbocycles. The van der Waals surface area contributed by atoms with Crippen molar-refractivity contribution in [3.8, 4) is 0 Å². The van der Waals surface area contributed by atoms with E-state index in [4.69, 9.17) is 14.7 Å². The van der Waals surface area contributed by atoms with Crippen LogP contribution in [0.25, 0.3) is 10.2 Å². The van der Waals surface area contributed by atoms with Crippen molar-refractivity contribution in [1.82, 2.24) is 9.97 Å². The van der Waals surface area contributed by atoms with Crippen molar-refractivity contribution in [2.24, 2.45) is 0 Å². The fourth-order valence-corrected chi connectivity index (χ4v) is 5.97. The van der Waals surface area contributed by atoms with Crippen molar-refractivity contribution < 1.29 is 9.66 Å². The number of benzene rings is 1. The minimum atomic E-state index is -0.375. The molecule has 1 atom stereocenters. The van der Waals surface area contributed by atoms with Crippen LogP contribution in [0.2, 0.25) is 0 Å². The van der Waals surface area contributed by atoms with Gasteiger partial charge in [0.05, 0.1) is 17.1 Å². The molecular weight excluding hydrogens is 426 g/mol. The summed E-state index contributed by atoms with van der Waals surface area (Å²) in [7, 11) is 0. The number of non-ortho nitro benzene ring substituents is 1. The van der Waals surface area contributed by atoms with Gasteiger partial charge in [-0.2, -0.15) is 0 Å². The van der Waals surface area contributed by atoms with E-state index in [1.165, 1.54) is 22.2 Å². The summed E-state index contributed by atoms with van der Waals surface area (Å²) < 4.78 is 6.12. The van der Waals surface area contributed by atoms with Gasteiger partial charge in [-0.05, 0) is 30.7 Å². The number of rotatable bonds is 6.